The summed E-state index contributed by atoms with van der Waals surface area (Å²) in [5.74, 6) is 1.62. The maximum Gasteiger partial charge on any atom is 0.265 e. The van der Waals surface area contributed by atoms with Gasteiger partial charge in [0.1, 0.15) is 18.1 Å². The van der Waals surface area contributed by atoms with Crippen LogP contribution in [0.3, 0.4) is 0 Å². The molecule has 1 unspecified atom stereocenters. The van der Waals surface area contributed by atoms with Crippen molar-refractivity contribution in [1.29, 1.82) is 0 Å². The summed E-state index contributed by atoms with van der Waals surface area (Å²) in [6.07, 6.45) is -0.601. The topological polar surface area (TPSA) is 73.6 Å². The number of rotatable bonds is 8. The van der Waals surface area contributed by atoms with Crippen LogP contribution in [-0.4, -0.2) is 25.2 Å². The molecule has 0 aliphatic rings. The zero-order chi connectivity index (χ0) is 18.2. The van der Waals surface area contributed by atoms with E-state index in [0.29, 0.717) is 30.5 Å². The average Bonchev–Trinajstić information content (AvgIpc) is 2.61. The third-order valence-corrected chi connectivity index (χ3v) is 3.72. The number of benzene rings is 2. The van der Waals surface area contributed by atoms with E-state index in [4.69, 9.17) is 15.2 Å². The summed E-state index contributed by atoms with van der Waals surface area (Å²) in [4.78, 5) is 12.3. The van der Waals surface area contributed by atoms with Crippen molar-refractivity contribution >= 4 is 24.0 Å². The van der Waals surface area contributed by atoms with Gasteiger partial charge in [-0.2, -0.15) is 0 Å². The molecule has 0 saturated carbocycles. The lowest BCUT2D eigenvalue weighted by molar-refractivity contribution is -0.122. The monoisotopic (exact) mass is 378 g/mol. The predicted octanol–water partition coefficient (Wildman–Crippen LogP) is 3.98. The molecule has 0 aromatic heterocycles. The van der Waals surface area contributed by atoms with Crippen LogP contribution in [0.15, 0.2) is 48.5 Å². The van der Waals surface area contributed by atoms with E-state index in [9.17, 15) is 4.79 Å². The van der Waals surface area contributed by atoms with Crippen molar-refractivity contribution in [3.8, 4) is 11.5 Å². The van der Waals surface area contributed by atoms with E-state index in [1.165, 1.54) is 5.56 Å². The highest BCUT2D eigenvalue weighted by Crippen LogP contribution is 2.21. The minimum atomic E-state index is -0.601. The van der Waals surface area contributed by atoms with E-state index < -0.39 is 6.10 Å². The summed E-state index contributed by atoms with van der Waals surface area (Å²) >= 11 is 0. The molecule has 2 aromatic carbocycles. The minimum absolute atomic E-state index is 0. The van der Waals surface area contributed by atoms with E-state index in [1.54, 1.807) is 31.2 Å². The Kier molecular flexibility index (Phi) is 8.96. The quantitative estimate of drug-likeness (QED) is 0.728. The predicted molar refractivity (Wildman–Crippen MR) is 107 cm³/mol. The Morgan fingerprint density at radius 3 is 2.38 bits per heavy atom. The molecule has 0 radical (unpaired) electrons. The van der Waals surface area contributed by atoms with Crippen LogP contribution in [0.2, 0.25) is 0 Å². The largest absolute Gasteiger partial charge is 0.492 e. The van der Waals surface area contributed by atoms with Gasteiger partial charge in [0.25, 0.3) is 5.91 Å². The van der Waals surface area contributed by atoms with Crippen molar-refractivity contribution in [2.24, 2.45) is 5.73 Å². The van der Waals surface area contributed by atoms with Gasteiger partial charge in [0.15, 0.2) is 6.10 Å². The standard InChI is InChI=1S/C20H26N2O3.ClH/c1-14(2)16-5-4-6-19(13-16)25-15(3)20(23)22-17-7-9-18(10-8-17)24-12-11-21;/h4-10,13-15H,11-12,21H2,1-3H3,(H,22,23);1H. The highest BCUT2D eigenvalue weighted by atomic mass is 35.5. The fourth-order valence-corrected chi connectivity index (χ4v) is 2.26. The van der Waals surface area contributed by atoms with Gasteiger partial charge in [-0.3, -0.25) is 4.79 Å². The Labute approximate surface area is 161 Å². The highest BCUT2D eigenvalue weighted by molar-refractivity contribution is 5.94. The third kappa shape index (κ3) is 6.58. The van der Waals surface area contributed by atoms with Crippen LogP contribution < -0.4 is 20.5 Å². The first-order valence-electron chi connectivity index (χ1n) is 8.50. The number of hydrogen-bond donors (Lipinski definition) is 2. The second-order valence-electron chi connectivity index (χ2n) is 6.14. The van der Waals surface area contributed by atoms with Crippen molar-refractivity contribution in [3.63, 3.8) is 0 Å². The molecule has 0 aliphatic carbocycles. The Morgan fingerprint density at radius 1 is 1.08 bits per heavy atom. The molecule has 0 saturated heterocycles. The molecule has 5 nitrogen and oxygen atoms in total. The molecule has 0 bridgehead atoms. The number of carbonyl (C=O) groups excluding carboxylic acids is 1. The van der Waals surface area contributed by atoms with Crippen LogP contribution >= 0.6 is 12.4 Å². The van der Waals surface area contributed by atoms with E-state index in [1.807, 2.05) is 18.2 Å². The zero-order valence-corrected chi connectivity index (χ0v) is 16.2. The third-order valence-electron chi connectivity index (χ3n) is 3.72. The van der Waals surface area contributed by atoms with Crippen LogP contribution in [0, 0.1) is 0 Å². The minimum Gasteiger partial charge on any atom is -0.492 e. The molecule has 1 amide bonds. The van der Waals surface area contributed by atoms with Crippen molar-refractivity contribution in [1.82, 2.24) is 0 Å². The lowest BCUT2D eigenvalue weighted by atomic mass is 10.0. The smallest absolute Gasteiger partial charge is 0.265 e. The van der Waals surface area contributed by atoms with Gasteiger partial charge in [-0.05, 0) is 54.8 Å². The maximum atomic E-state index is 12.3. The van der Waals surface area contributed by atoms with Crippen LogP contribution in [0.25, 0.3) is 0 Å². The molecule has 0 spiro atoms. The number of ether oxygens (including phenoxy) is 2. The summed E-state index contributed by atoms with van der Waals surface area (Å²) in [6.45, 7) is 6.90. The van der Waals surface area contributed by atoms with Gasteiger partial charge in [0, 0.05) is 12.2 Å². The maximum absolute atomic E-state index is 12.3. The summed E-state index contributed by atoms with van der Waals surface area (Å²) in [6, 6.07) is 15.0. The Balaban J connectivity index is 0.00000338. The van der Waals surface area contributed by atoms with E-state index in [2.05, 4.69) is 25.2 Å². The number of halogens is 1. The van der Waals surface area contributed by atoms with Gasteiger partial charge >= 0.3 is 0 Å². The number of hydrogen-bond acceptors (Lipinski definition) is 4. The van der Waals surface area contributed by atoms with Crippen molar-refractivity contribution in [2.75, 3.05) is 18.5 Å². The molecule has 26 heavy (non-hydrogen) atoms. The molecule has 0 fully saturated rings. The number of nitrogens with one attached hydrogen (secondary N) is 1. The Hall–Kier alpha value is -2.24. The van der Waals surface area contributed by atoms with Gasteiger partial charge < -0.3 is 20.5 Å². The second-order valence-corrected chi connectivity index (χ2v) is 6.14. The number of carbonyl (C=O) groups is 1. The normalized spacial score (nSPS) is 11.4. The second kappa shape index (κ2) is 10.7. The number of amides is 1. The van der Waals surface area contributed by atoms with Gasteiger partial charge in [-0.1, -0.05) is 26.0 Å². The molecule has 2 rings (SSSR count). The number of nitrogens with two attached hydrogens (primary N) is 1. The fraction of sp³-hybridized carbons (Fsp3) is 0.350. The molecule has 0 heterocycles. The van der Waals surface area contributed by atoms with Crippen molar-refractivity contribution in [2.45, 2.75) is 32.8 Å². The van der Waals surface area contributed by atoms with E-state index in [0.717, 1.165) is 5.75 Å². The molecule has 142 valence electrons. The molecular weight excluding hydrogens is 352 g/mol. The fourth-order valence-electron chi connectivity index (χ4n) is 2.26. The van der Waals surface area contributed by atoms with Crippen molar-refractivity contribution in [3.05, 3.63) is 54.1 Å². The average molecular weight is 379 g/mol. The zero-order valence-electron chi connectivity index (χ0n) is 15.4. The van der Waals surface area contributed by atoms with Gasteiger partial charge in [0.2, 0.25) is 0 Å². The number of anilines is 1. The summed E-state index contributed by atoms with van der Waals surface area (Å²) in [5, 5.41) is 2.84. The molecular formula is C20H27ClN2O3. The lowest BCUT2D eigenvalue weighted by Crippen LogP contribution is -2.30. The molecule has 0 aliphatic heterocycles. The SMILES string of the molecule is CC(Oc1cccc(C(C)C)c1)C(=O)Nc1ccc(OCCN)cc1.Cl. The van der Waals surface area contributed by atoms with Crippen LogP contribution in [-0.2, 0) is 4.79 Å². The first-order chi connectivity index (χ1) is 12.0. The first-order valence-corrected chi connectivity index (χ1v) is 8.50. The van der Waals surface area contributed by atoms with Crippen LogP contribution in [0.4, 0.5) is 5.69 Å². The highest BCUT2D eigenvalue weighted by Gasteiger charge is 2.15. The summed E-state index contributed by atoms with van der Waals surface area (Å²) < 4.78 is 11.2. The molecule has 6 heteroatoms. The molecule has 3 N–H and O–H groups in total. The van der Waals surface area contributed by atoms with Crippen LogP contribution in [0.5, 0.6) is 11.5 Å². The van der Waals surface area contributed by atoms with Gasteiger partial charge in [0.05, 0.1) is 0 Å². The lowest BCUT2D eigenvalue weighted by Gasteiger charge is -2.16. The van der Waals surface area contributed by atoms with Gasteiger partial charge in [-0.15, -0.1) is 12.4 Å². The van der Waals surface area contributed by atoms with Gasteiger partial charge in [-0.25, -0.2) is 0 Å². The Morgan fingerprint density at radius 2 is 1.77 bits per heavy atom. The Bertz CT molecular complexity index is 690. The first kappa shape index (κ1) is 21.8. The van der Waals surface area contributed by atoms with E-state index in [-0.39, 0.29) is 18.3 Å². The van der Waals surface area contributed by atoms with Crippen molar-refractivity contribution < 1.29 is 14.3 Å². The molecule has 1 atom stereocenters. The summed E-state index contributed by atoms with van der Waals surface area (Å²) in [7, 11) is 0. The summed E-state index contributed by atoms with van der Waals surface area (Å²) in [5.41, 5.74) is 7.27. The molecule has 2 aromatic rings. The van der Waals surface area contributed by atoms with E-state index >= 15 is 0 Å². The van der Waals surface area contributed by atoms with Crippen LogP contribution in [0.1, 0.15) is 32.3 Å².